The van der Waals surface area contributed by atoms with Crippen molar-refractivity contribution in [1.82, 2.24) is 14.8 Å². The summed E-state index contributed by atoms with van der Waals surface area (Å²) in [5, 5.41) is 5.28. The van der Waals surface area contributed by atoms with Crippen LogP contribution in [0.3, 0.4) is 0 Å². The van der Waals surface area contributed by atoms with Crippen molar-refractivity contribution in [1.29, 1.82) is 0 Å². The number of pyridine rings is 1. The molecule has 3 nitrogen and oxygen atoms in total. The monoisotopic (exact) mass is 279 g/mol. The van der Waals surface area contributed by atoms with Gasteiger partial charge in [0.05, 0.1) is 17.6 Å². The van der Waals surface area contributed by atoms with E-state index in [1.165, 1.54) is 11.3 Å². The molecule has 0 unspecified atom stereocenters. The smallest absolute Gasteiger partial charge is 0.0679 e. The molecule has 0 amide bonds. The summed E-state index contributed by atoms with van der Waals surface area (Å²) in [7, 11) is 0. The molecular weight excluding hydrogens is 266 g/mol. The summed E-state index contributed by atoms with van der Waals surface area (Å²) in [4.78, 5) is 4.02. The van der Waals surface area contributed by atoms with Gasteiger partial charge in [0.1, 0.15) is 0 Å². The van der Waals surface area contributed by atoms with E-state index in [0.717, 1.165) is 11.0 Å². The Balaban J connectivity index is 2.53. The standard InChI is InChI=1S/C12H14BrN3/c1-9(2)12-10(7-13)8-15-16(12)11-3-5-14-6-4-11/h3-6,8-9H,7H2,1-2H3. The topological polar surface area (TPSA) is 30.7 Å². The van der Waals surface area contributed by atoms with E-state index in [0.29, 0.717) is 5.92 Å². The fourth-order valence-corrected chi connectivity index (χ4v) is 2.23. The molecule has 2 heterocycles. The molecule has 0 aliphatic carbocycles. The van der Waals surface area contributed by atoms with E-state index >= 15 is 0 Å². The van der Waals surface area contributed by atoms with E-state index in [-0.39, 0.29) is 0 Å². The Labute approximate surface area is 104 Å². The number of rotatable bonds is 3. The second kappa shape index (κ2) is 4.78. The van der Waals surface area contributed by atoms with Crippen molar-refractivity contribution >= 4 is 15.9 Å². The minimum Gasteiger partial charge on any atom is -0.265 e. The average molecular weight is 280 g/mol. The van der Waals surface area contributed by atoms with E-state index in [9.17, 15) is 0 Å². The zero-order valence-electron chi connectivity index (χ0n) is 9.39. The molecule has 2 aromatic rings. The maximum atomic E-state index is 4.44. The van der Waals surface area contributed by atoms with Gasteiger partial charge in [0.2, 0.25) is 0 Å². The van der Waals surface area contributed by atoms with Crippen LogP contribution in [0.4, 0.5) is 0 Å². The molecule has 0 radical (unpaired) electrons. The van der Waals surface area contributed by atoms with Crippen molar-refractivity contribution in [2.75, 3.05) is 0 Å². The van der Waals surface area contributed by atoms with Gasteiger partial charge in [-0.05, 0) is 18.1 Å². The first-order valence-corrected chi connectivity index (χ1v) is 6.39. The highest BCUT2D eigenvalue weighted by molar-refractivity contribution is 9.08. The van der Waals surface area contributed by atoms with Crippen LogP contribution in [0.15, 0.2) is 30.7 Å². The Bertz CT molecular complexity index is 462. The Kier molecular flexibility index (Phi) is 3.39. The van der Waals surface area contributed by atoms with Gasteiger partial charge in [-0.1, -0.05) is 29.8 Å². The Morgan fingerprint density at radius 2 is 2.00 bits per heavy atom. The van der Waals surface area contributed by atoms with Crippen molar-refractivity contribution in [3.63, 3.8) is 0 Å². The summed E-state index contributed by atoms with van der Waals surface area (Å²) in [5.41, 5.74) is 3.56. The van der Waals surface area contributed by atoms with Gasteiger partial charge >= 0.3 is 0 Å². The molecule has 4 heteroatoms. The van der Waals surface area contributed by atoms with Crippen LogP contribution >= 0.6 is 15.9 Å². The lowest BCUT2D eigenvalue weighted by atomic mass is 10.1. The van der Waals surface area contributed by atoms with E-state index in [2.05, 4.69) is 39.9 Å². The molecule has 2 rings (SSSR count). The van der Waals surface area contributed by atoms with E-state index in [4.69, 9.17) is 0 Å². The molecule has 0 atom stereocenters. The lowest BCUT2D eigenvalue weighted by Crippen LogP contribution is -2.05. The van der Waals surface area contributed by atoms with Crippen molar-refractivity contribution in [2.24, 2.45) is 0 Å². The van der Waals surface area contributed by atoms with Gasteiger partial charge in [-0.3, -0.25) is 4.98 Å². The predicted molar refractivity (Wildman–Crippen MR) is 68.1 cm³/mol. The molecular formula is C12H14BrN3. The van der Waals surface area contributed by atoms with Gasteiger partial charge in [0, 0.05) is 23.3 Å². The molecule has 0 aromatic carbocycles. The number of alkyl halides is 1. The maximum absolute atomic E-state index is 4.44. The number of hydrogen-bond acceptors (Lipinski definition) is 2. The molecule has 0 aliphatic heterocycles. The Morgan fingerprint density at radius 1 is 1.31 bits per heavy atom. The Hall–Kier alpha value is -1.16. The van der Waals surface area contributed by atoms with Crippen molar-refractivity contribution in [3.05, 3.63) is 42.0 Å². The van der Waals surface area contributed by atoms with Gasteiger partial charge in [0.25, 0.3) is 0 Å². The zero-order chi connectivity index (χ0) is 11.5. The fourth-order valence-electron chi connectivity index (χ4n) is 1.80. The van der Waals surface area contributed by atoms with Crippen LogP contribution in [-0.2, 0) is 5.33 Å². The van der Waals surface area contributed by atoms with Crippen LogP contribution in [-0.4, -0.2) is 14.8 Å². The molecule has 0 spiro atoms. The number of halogens is 1. The van der Waals surface area contributed by atoms with Crippen LogP contribution in [0.2, 0.25) is 0 Å². The highest BCUT2D eigenvalue weighted by Gasteiger charge is 2.14. The van der Waals surface area contributed by atoms with Crippen molar-refractivity contribution in [3.8, 4) is 5.69 Å². The predicted octanol–water partition coefficient (Wildman–Crippen LogP) is 3.29. The maximum Gasteiger partial charge on any atom is 0.0679 e. The third-order valence-corrected chi connectivity index (χ3v) is 3.09. The quantitative estimate of drug-likeness (QED) is 0.808. The summed E-state index contributed by atoms with van der Waals surface area (Å²) >= 11 is 3.50. The largest absolute Gasteiger partial charge is 0.265 e. The Morgan fingerprint density at radius 3 is 2.56 bits per heavy atom. The molecule has 16 heavy (non-hydrogen) atoms. The lowest BCUT2D eigenvalue weighted by molar-refractivity contribution is 0.729. The van der Waals surface area contributed by atoms with Gasteiger partial charge in [-0.2, -0.15) is 5.10 Å². The van der Waals surface area contributed by atoms with Crippen LogP contribution in [0, 0.1) is 0 Å². The van der Waals surface area contributed by atoms with Gasteiger partial charge in [-0.25, -0.2) is 4.68 Å². The van der Waals surface area contributed by atoms with Gasteiger partial charge < -0.3 is 0 Å². The molecule has 0 saturated heterocycles. The summed E-state index contributed by atoms with van der Waals surface area (Å²) in [6, 6.07) is 3.94. The number of nitrogens with zero attached hydrogens (tertiary/aromatic N) is 3. The molecule has 2 aromatic heterocycles. The number of hydrogen-bond donors (Lipinski definition) is 0. The summed E-state index contributed by atoms with van der Waals surface area (Å²) < 4.78 is 1.99. The summed E-state index contributed by atoms with van der Waals surface area (Å²) in [5.74, 6) is 0.447. The first-order valence-electron chi connectivity index (χ1n) is 5.27. The first-order chi connectivity index (χ1) is 7.74. The molecule has 0 saturated carbocycles. The van der Waals surface area contributed by atoms with E-state index < -0.39 is 0 Å². The second-order valence-electron chi connectivity index (χ2n) is 3.96. The van der Waals surface area contributed by atoms with Crippen molar-refractivity contribution < 1.29 is 0 Å². The lowest BCUT2D eigenvalue weighted by Gasteiger charge is -2.11. The molecule has 0 N–H and O–H groups in total. The summed E-state index contributed by atoms with van der Waals surface area (Å²) in [6.45, 7) is 4.36. The third kappa shape index (κ3) is 2.02. The van der Waals surface area contributed by atoms with Gasteiger partial charge in [-0.15, -0.1) is 0 Å². The van der Waals surface area contributed by atoms with Gasteiger partial charge in [0.15, 0.2) is 0 Å². The first kappa shape index (κ1) is 11.3. The SMILES string of the molecule is CC(C)c1c(CBr)cnn1-c1ccncc1. The molecule has 0 bridgehead atoms. The van der Waals surface area contributed by atoms with Crippen LogP contribution in [0.1, 0.15) is 31.0 Å². The summed E-state index contributed by atoms with van der Waals surface area (Å²) in [6.07, 6.45) is 5.49. The second-order valence-corrected chi connectivity index (χ2v) is 4.52. The minimum absolute atomic E-state index is 0.447. The molecule has 0 aliphatic rings. The highest BCUT2D eigenvalue weighted by atomic mass is 79.9. The zero-order valence-corrected chi connectivity index (χ0v) is 11.0. The molecule has 0 fully saturated rings. The normalized spacial score (nSPS) is 11.0. The van der Waals surface area contributed by atoms with Crippen LogP contribution in [0.25, 0.3) is 5.69 Å². The third-order valence-electron chi connectivity index (χ3n) is 2.48. The van der Waals surface area contributed by atoms with E-state index in [1.54, 1.807) is 12.4 Å². The average Bonchev–Trinajstić information content (AvgIpc) is 2.73. The van der Waals surface area contributed by atoms with Crippen LogP contribution < -0.4 is 0 Å². The van der Waals surface area contributed by atoms with Crippen LogP contribution in [0.5, 0.6) is 0 Å². The number of aromatic nitrogens is 3. The minimum atomic E-state index is 0.447. The molecule has 84 valence electrons. The van der Waals surface area contributed by atoms with E-state index in [1.807, 2.05) is 23.0 Å². The fraction of sp³-hybridized carbons (Fsp3) is 0.333. The van der Waals surface area contributed by atoms with Crippen molar-refractivity contribution in [2.45, 2.75) is 25.1 Å². The highest BCUT2D eigenvalue weighted by Crippen LogP contribution is 2.24.